The van der Waals surface area contributed by atoms with Gasteiger partial charge in [-0.3, -0.25) is 14.9 Å². The zero-order valence-electron chi connectivity index (χ0n) is 22.3. The van der Waals surface area contributed by atoms with Crippen LogP contribution in [0.4, 0.5) is 0 Å². The van der Waals surface area contributed by atoms with Crippen molar-refractivity contribution in [2.24, 2.45) is 0 Å². The highest BCUT2D eigenvalue weighted by Crippen LogP contribution is 2.25. The number of amides is 1. The van der Waals surface area contributed by atoms with E-state index in [1.54, 1.807) is 0 Å². The van der Waals surface area contributed by atoms with E-state index in [4.69, 9.17) is 18.9 Å². The van der Waals surface area contributed by atoms with Crippen LogP contribution in [0.1, 0.15) is 23.6 Å². The second kappa shape index (κ2) is 14.6. The Balaban J connectivity index is 1.61. The minimum absolute atomic E-state index is 0.250. The first-order valence-electron chi connectivity index (χ1n) is 13.1. The third-order valence-electron chi connectivity index (χ3n) is 6.63. The first-order valence-corrected chi connectivity index (χ1v) is 13.1. The first-order chi connectivity index (χ1) is 19.0. The molecular weight excluding hydrogens is 496 g/mol. The molecule has 1 heterocycles. The van der Waals surface area contributed by atoms with Gasteiger partial charge in [0, 0.05) is 6.92 Å². The van der Waals surface area contributed by atoms with Crippen molar-refractivity contribution in [3.05, 3.63) is 108 Å². The van der Waals surface area contributed by atoms with Crippen LogP contribution >= 0.6 is 0 Å². The molecule has 5 unspecified atom stereocenters. The van der Waals surface area contributed by atoms with Crippen LogP contribution in [0.25, 0.3) is 0 Å². The van der Waals surface area contributed by atoms with E-state index in [0.717, 1.165) is 16.7 Å². The van der Waals surface area contributed by atoms with Crippen molar-refractivity contribution in [2.45, 2.75) is 57.1 Å². The Bertz CT molecular complexity index is 1160. The summed E-state index contributed by atoms with van der Waals surface area (Å²) in [6, 6.07) is 27.4. The first kappa shape index (κ1) is 28.4. The summed E-state index contributed by atoms with van der Waals surface area (Å²) in [5, 5.41) is 6.26. The summed E-state index contributed by atoms with van der Waals surface area (Å²) in [5.41, 5.74) is 2.99. The standard InChI is InChI=1S/C31H36N2O6/c1-22(34)32-27-28(31(35)36-2)33-26(21-37-18-23-12-6-3-7-13-23)29(38-19-24-14-8-4-9-15-24)30(27)39-20-25-16-10-5-11-17-25/h3-17,26-30,33H,18-21H2,1-2H3,(H,32,34). The quantitative estimate of drug-likeness (QED) is 0.345. The van der Waals surface area contributed by atoms with Gasteiger partial charge in [-0.05, 0) is 16.7 Å². The lowest BCUT2D eigenvalue weighted by atomic mass is 9.87. The molecular formula is C31H36N2O6. The van der Waals surface area contributed by atoms with E-state index in [1.165, 1.54) is 14.0 Å². The lowest BCUT2D eigenvalue weighted by molar-refractivity contribution is -0.166. The lowest BCUT2D eigenvalue weighted by Gasteiger charge is -2.46. The molecule has 1 amide bonds. The average molecular weight is 533 g/mol. The largest absolute Gasteiger partial charge is 0.468 e. The minimum Gasteiger partial charge on any atom is -0.468 e. The molecule has 0 bridgehead atoms. The van der Waals surface area contributed by atoms with Gasteiger partial charge >= 0.3 is 5.97 Å². The molecule has 1 aliphatic rings. The number of piperidine rings is 1. The molecule has 0 aromatic heterocycles. The molecule has 0 spiro atoms. The van der Waals surface area contributed by atoms with Crippen molar-refractivity contribution in [3.8, 4) is 0 Å². The van der Waals surface area contributed by atoms with Crippen LogP contribution in [-0.2, 0) is 48.4 Å². The van der Waals surface area contributed by atoms with E-state index >= 15 is 0 Å². The second-order valence-corrected chi connectivity index (χ2v) is 9.52. The number of esters is 1. The summed E-state index contributed by atoms with van der Waals surface area (Å²) in [7, 11) is 1.33. The number of hydrogen-bond acceptors (Lipinski definition) is 7. The molecule has 8 heteroatoms. The van der Waals surface area contributed by atoms with Crippen LogP contribution in [0, 0.1) is 0 Å². The van der Waals surface area contributed by atoms with E-state index in [0.29, 0.717) is 13.2 Å². The number of nitrogens with one attached hydrogen (secondary N) is 2. The number of carbonyl (C=O) groups is 2. The summed E-state index contributed by atoms with van der Waals surface area (Å²) < 4.78 is 24.2. The monoisotopic (exact) mass is 532 g/mol. The number of methoxy groups -OCH3 is 1. The number of rotatable bonds is 12. The molecule has 8 nitrogen and oxygen atoms in total. The molecule has 0 aliphatic carbocycles. The van der Waals surface area contributed by atoms with Gasteiger partial charge in [-0.1, -0.05) is 91.0 Å². The van der Waals surface area contributed by atoms with Crippen LogP contribution in [0.15, 0.2) is 91.0 Å². The van der Waals surface area contributed by atoms with Gasteiger partial charge in [0.05, 0.1) is 45.6 Å². The maximum Gasteiger partial charge on any atom is 0.325 e. The maximum absolute atomic E-state index is 12.9. The molecule has 206 valence electrons. The van der Waals surface area contributed by atoms with Gasteiger partial charge in [-0.15, -0.1) is 0 Å². The Kier molecular flexibility index (Phi) is 10.6. The van der Waals surface area contributed by atoms with Crippen LogP contribution < -0.4 is 10.6 Å². The van der Waals surface area contributed by atoms with Crippen molar-refractivity contribution in [1.82, 2.24) is 10.6 Å². The predicted molar refractivity (Wildman–Crippen MR) is 146 cm³/mol. The Morgan fingerprint density at radius 2 is 1.23 bits per heavy atom. The molecule has 1 aliphatic heterocycles. The summed E-state index contributed by atoms with van der Waals surface area (Å²) >= 11 is 0. The normalized spacial score (nSPS) is 22.7. The summed E-state index contributed by atoms with van der Waals surface area (Å²) in [4.78, 5) is 25.2. The third-order valence-corrected chi connectivity index (χ3v) is 6.63. The van der Waals surface area contributed by atoms with Crippen LogP contribution in [-0.4, -0.2) is 55.9 Å². The highest BCUT2D eigenvalue weighted by atomic mass is 16.5. The van der Waals surface area contributed by atoms with Crippen LogP contribution in [0.3, 0.4) is 0 Å². The molecule has 1 fully saturated rings. The van der Waals surface area contributed by atoms with E-state index in [9.17, 15) is 9.59 Å². The molecule has 0 radical (unpaired) electrons. The molecule has 0 saturated carbocycles. The SMILES string of the molecule is COC(=O)C1NC(COCc2ccccc2)C(OCc2ccccc2)C(OCc2ccccc2)C1NC(C)=O. The summed E-state index contributed by atoms with van der Waals surface area (Å²) in [6.07, 6.45) is -1.23. The van der Waals surface area contributed by atoms with Gasteiger partial charge in [0.1, 0.15) is 18.2 Å². The van der Waals surface area contributed by atoms with Gasteiger partial charge in [-0.25, -0.2) is 0 Å². The van der Waals surface area contributed by atoms with Crippen molar-refractivity contribution < 1.29 is 28.5 Å². The number of hydrogen-bond donors (Lipinski definition) is 2. The minimum atomic E-state index is -0.860. The fourth-order valence-corrected chi connectivity index (χ4v) is 4.76. The Labute approximate surface area is 229 Å². The smallest absolute Gasteiger partial charge is 0.325 e. The Morgan fingerprint density at radius 1 is 0.744 bits per heavy atom. The second-order valence-electron chi connectivity index (χ2n) is 9.52. The number of carbonyl (C=O) groups excluding carboxylic acids is 2. The predicted octanol–water partition coefficient (Wildman–Crippen LogP) is 3.39. The molecule has 2 N–H and O–H groups in total. The van der Waals surface area contributed by atoms with Gasteiger partial charge in [0.25, 0.3) is 0 Å². The third kappa shape index (κ3) is 8.21. The Hall–Kier alpha value is -3.56. The van der Waals surface area contributed by atoms with Crippen molar-refractivity contribution in [3.63, 3.8) is 0 Å². The van der Waals surface area contributed by atoms with Crippen molar-refractivity contribution in [1.29, 1.82) is 0 Å². The van der Waals surface area contributed by atoms with Crippen molar-refractivity contribution >= 4 is 11.9 Å². The Morgan fingerprint density at radius 3 is 1.72 bits per heavy atom. The van der Waals surface area contributed by atoms with E-state index in [-0.39, 0.29) is 19.1 Å². The van der Waals surface area contributed by atoms with Crippen LogP contribution in [0.2, 0.25) is 0 Å². The zero-order valence-corrected chi connectivity index (χ0v) is 22.3. The summed E-state index contributed by atoms with van der Waals surface area (Å²) in [6.45, 7) is 2.66. The van der Waals surface area contributed by atoms with Gasteiger partial charge in [0.15, 0.2) is 0 Å². The maximum atomic E-state index is 12.9. The van der Waals surface area contributed by atoms with Crippen molar-refractivity contribution in [2.75, 3.05) is 13.7 Å². The van der Waals surface area contributed by atoms with Gasteiger partial charge in [-0.2, -0.15) is 0 Å². The van der Waals surface area contributed by atoms with Crippen LogP contribution in [0.5, 0.6) is 0 Å². The average Bonchev–Trinajstić information content (AvgIpc) is 2.97. The highest BCUT2D eigenvalue weighted by molar-refractivity contribution is 5.80. The molecule has 3 aromatic carbocycles. The highest BCUT2D eigenvalue weighted by Gasteiger charge is 2.49. The number of benzene rings is 3. The molecule has 5 atom stereocenters. The van der Waals surface area contributed by atoms with E-state index in [2.05, 4.69) is 10.6 Å². The zero-order chi connectivity index (χ0) is 27.5. The fourth-order valence-electron chi connectivity index (χ4n) is 4.76. The molecule has 39 heavy (non-hydrogen) atoms. The fraction of sp³-hybridized carbons (Fsp3) is 0.355. The van der Waals surface area contributed by atoms with Gasteiger partial charge in [0.2, 0.25) is 5.91 Å². The number of ether oxygens (including phenoxy) is 4. The summed E-state index contributed by atoms with van der Waals surface area (Å²) in [5.74, 6) is -0.791. The molecule has 3 aromatic rings. The van der Waals surface area contributed by atoms with E-state index in [1.807, 2.05) is 91.0 Å². The lowest BCUT2D eigenvalue weighted by Crippen LogP contribution is -2.73. The van der Waals surface area contributed by atoms with Gasteiger partial charge < -0.3 is 24.3 Å². The topological polar surface area (TPSA) is 95.1 Å². The molecule has 4 rings (SSSR count). The van der Waals surface area contributed by atoms with E-state index < -0.39 is 36.3 Å². The molecule has 1 saturated heterocycles.